The summed E-state index contributed by atoms with van der Waals surface area (Å²) in [4.78, 5) is 15.4. The number of hydrogen-bond donors (Lipinski definition) is 3. The third-order valence-electron chi connectivity index (χ3n) is 7.60. The van der Waals surface area contributed by atoms with Crippen LogP contribution in [0, 0.1) is 17.6 Å². The standard InChI is InChI=1S/C34H44F2N2O3/c1-4-9-26(10-5-2)33(40)27-13-8-14-28(19-27)34(41)38(21-24-12-7-11-23(6-3)15-24)22-32(39)31(37)18-25-16-29(35)20-30(36)17-25/h7-8,11-17,19-20,26,31-33,39-40H,4-6,9-10,18,21-22,37H2,1-3H3/t31-,32+,33?/m0/s1. The van der Waals surface area contributed by atoms with E-state index in [0.29, 0.717) is 16.7 Å². The Labute approximate surface area is 243 Å². The zero-order valence-corrected chi connectivity index (χ0v) is 24.4. The summed E-state index contributed by atoms with van der Waals surface area (Å²) in [5, 5.41) is 22.2. The molecule has 0 heterocycles. The SMILES string of the molecule is CCCC(CCC)C(O)c1cccc(C(=O)N(Cc2cccc(CC)c2)C[C@@H](O)[C@@H](N)Cc2cc(F)cc(F)c2)c1. The highest BCUT2D eigenvalue weighted by Gasteiger charge is 2.26. The van der Waals surface area contributed by atoms with Gasteiger partial charge in [-0.3, -0.25) is 4.79 Å². The fourth-order valence-electron chi connectivity index (χ4n) is 5.40. The summed E-state index contributed by atoms with van der Waals surface area (Å²) in [5.74, 6) is -1.62. The van der Waals surface area contributed by atoms with Gasteiger partial charge in [0.1, 0.15) is 11.6 Å². The molecule has 1 amide bonds. The highest BCUT2D eigenvalue weighted by molar-refractivity contribution is 5.94. The Morgan fingerprint density at radius 2 is 1.49 bits per heavy atom. The lowest BCUT2D eigenvalue weighted by Crippen LogP contribution is -2.46. The molecule has 1 unspecified atom stereocenters. The van der Waals surface area contributed by atoms with Crippen molar-refractivity contribution in [3.8, 4) is 0 Å². The molecule has 3 aromatic rings. The lowest BCUT2D eigenvalue weighted by Gasteiger charge is -2.29. The van der Waals surface area contributed by atoms with Crippen molar-refractivity contribution >= 4 is 5.91 Å². The molecule has 0 aliphatic heterocycles. The number of amides is 1. The van der Waals surface area contributed by atoms with E-state index in [0.717, 1.165) is 49.3 Å². The predicted octanol–water partition coefficient (Wildman–Crippen LogP) is 6.35. The van der Waals surface area contributed by atoms with E-state index in [1.54, 1.807) is 23.1 Å². The average molecular weight is 567 g/mol. The Morgan fingerprint density at radius 1 is 0.854 bits per heavy atom. The number of halogens is 2. The quantitative estimate of drug-likeness (QED) is 0.200. The largest absolute Gasteiger partial charge is 0.390 e. The molecule has 0 aliphatic rings. The molecular weight excluding hydrogens is 522 g/mol. The smallest absolute Gasteiger partial charge is 0.254 e. The number of aliphatic hydroxyl groups is 2. The van der Waals surface area contributed by atoms with Crippen LogP contribution in [0.15, 0.2) is 66.7 Å². The lowest BCUT2D eigenvalue weighted by atomic mass is 9.87. The number of carbonyl (C=O) groups is 1. The first-order valence-corrected chi connectivity index (χ1v) is 14.7. The Hall–Kier alpha value is -3.13. The highest BCUT2D eigenvalue weighted by atomic mass is 19.1. The van der Waals surface area contributed by atoms with Crippen LogP contribution in [-0.2, 0) is 19.4 Å². The molecule has 0 aromatic heterocycles. The van der Waals surface area contributed by atoms with Gasteiger partial charge in [-0.05, 0) is 78.1 Å². The average Bonchev–Trinajstić information content (AvgIpc) is 2.95. The van der Waals surface area contributed by atoms with Gasteiger partial charge in [-0.15, -0.1) is 0 Å². The number of benzene rings is 3. The van der Waals surface area contributed by atoms with Crippen molar-refractivity contribution in [1.29, 1.82) is 0 Å². The molecular formula is C34H44F2N2O3. The first-order valence-electron chi connectivity index (χ1n) is 14.7. The van der Waals surface area contributed by atoms with E-state index in [2.05, 4.69) is 20.8 Å². The fraction of sp³-hybridized carbons (Fsp3) is 0.441. The van der Waals surface area contributed by atoms with Crippen LogP contribution in [0.25, 0.3) is 0 Å². The molecule has 7 heteroatoms. The van der Waals surface area contributed by atoms with Crippen LogP contribution in [0.2, 0.25) is 0 Å². The third-order valence-corrected chi connectivity index (χ3v) is 7.60. The van der Waals surface area contributed by atoms with Crippen LogP contribution in [0.3, 0.4) is 0 Å². The number of rotatable bonds is 15. The van der Waals surface area contributed by atoms with E-state index in [4.69, 9.17) is 5.73 Å². The molecule has 0 radical (unpaired) electrons. The first-order chi connectivity index (χ1) is 19.6. The molecule has 0 bridgehead atoms. The Balaban J connectivity index is 1.86. The first kappa shape index (κ1) is 32.4. The van der Waals surface area contributed by atoms with Crippen molar-refractivity contribution in [3.05, 3.63) is 106 Å². The summed E-state index contributed by atoms with van der Waals surface area (Å²) in [7, 11) is 0. The van der Waals surface area contributed by atoms with Crippen LogP contribution < -0.4 is 5.73 Å². The van der Waals surface area contributed by atoms with Crippen molar-refractivity contribution in [1.82, 2.24) is 4.90 Å². The van der Waals surface area contributed by atoms with E-state index >= 15 is 0 Å². The van der Waals surface area contributed by atoms with Crippen LogP contribution in [0.4, 0.5) is 8.78 Å². The highest BCUT2D eigenvalue weighted by Crippen LogP contribution is 2.30. The number of aryl methyl sites for hydroxylation is 1. The molecule has 5 nitrogen and oxygen atoms in total. The number of carbonyl (C=O) groups excluding carboxylic acids is 1. The van der Waals surface area contributed by atoms with Gasteiger partial charge >= 0.3 is 0 Å². The molecule has 0 spiro atoms. The van der Waals surface area contributed by atoms with Crippen LogP contribution in [-0.4, -0.2) is 39.7 Å². The molecule has 3 rings (SSSR count). The van der Waals surface area contributed by atoms with Crippen molar-refractivity contribution in [2.24, 2.45) is 11.7 Å². The predicted molar refractivity (Wildman–Crippen MR) is 159 cm³/mol. The second-order valence-electron chi connectivity index (χ2n) is 11.0. The summed E-state index contributed by atoms with van der Waals surface area (Å²) in [6, 6.07) is 17.3. The Bertz CT molecular complexity index is 1240. The van der Waals surface area contributed by atoms with Gasteiger partial charge in [0.15, 0.2) is 0 Å². The van der Waals surface area contributed by atoms with Crippen LogP contribution >= 0.6 is 0 Å². The van der Waals surface area contributed by atoms with Crippen molar-refractivity contribution in [2.75, 3.05) is 6.54 Å². The maximum Gasteiger partial charge on any atom is 0.254 e. The number of nitrogens with two attached hydrogens (primary N) is 1. The summed E-state index contributed by atoms with van der Waals surface area (Å²) in [5.41, 5.74) is 9.74. The van der Waals surface area contributed by atoms with Gasteiger partial charge in [0, 0.05) is 30.8 Å². The third kappa shape index (κ3) is 9.45. The second kappa shape index (κ2) is 15.8. The van der Waals surface area contributed by atoms with E-state index < -0.39 is 29.9 Å². The lowest BCUT2D eigenvalue weighted by molar-refractivity contribution is 0.0553. The van der Waals surface area contributed by atoms with Crippen molar-refractivity contribution in [3.63, 3.8) is 0 Å². The van der Waals surface area contributed by atoms with Gasteiger partial charge in [-0.25, -0.2) is 8.78 Å². The molecule has 0 aliphatic carbocycles. The molecule has 0 fully saturated rings. The Morgan fingerprint density at radius 3 is 2.12 bits per heavy atom. The minimum atomic E-state index is -1.15. The molecule has 0 saturated carbocycles. The van der Waals surface area contributed by atoms with Crippen LogP contribution in [0.1, 0.15) is 85.2 Å². The normalized spacial score (nSPS) is 13.7. The van der Waals surface area contributed by atoms with E-state index in [1.165, 1.54) is 12.1 Å². The molecule has 3 aromatic carbocycles. The minimum absolute atomic E-state index is 0.0428. The van der Waals surface area contributed by atoms with Gasteiger partial charge < -0.3 is 20.8 Å². The summed E-state index contributed by atoms with van der Waals surface area (Å²) in [6.45, 7) is 6.42. The Kier molecular flexibility index (Phi) is 12.4. The maximum absolute atomic E-state index is 13.9. The monoisotopic (exact) mass is 566 g/mol. The van der Waals surface area contributed by atoms with Gasteiger partial charge in [0.25, 0.3) is 5.91 Å². The zero-order chi connectivity index (χ0) is 29.9. The van der Waals surface area contributed by atoms with Gasteiger partial charge in [-0.2, -0.15) is 0 Å². The van der Waals surface area contributed by atoms with E-state index in [9.17, 15) is 23.8 Å². The molecule has 41 heavy (non-hydrogen) atoms. The molecule has 0 saturated heterocycles. The molecule has 4 N–H and O–H groups in total. The second-order valence-corrected chi connectivity index (χ2v) is 11.0. The minimum Gasteiger partial charge on any atom is -0.390 e. The number of aliphatic hydroxyl groups excluding tert-OH is 2. The summed E-state index contributed by atoms with van der Waals surface area (Å²) in [6.07, 6.45) is 2.78. The van der Waals surface area contributed by atoms with Crippen molar-refractivity contribution in [2.45, 2.75) is 84.1 Å². The molecule has 222 valence electrons. The summed E-state index contributed by atoms with van der Waals surface area (Å²) < 4.78 is 27.4. The topological polar surface area (TPSA) is 86.8 Å². The summed E-state index contributed by atoms with van der Waals surface area (Å²) >= 11 is 0. The van der Waals surface area contributed by atoms with Gasteiger partial charge in [0.05, 0.1) is 12.2 Å². The van der Waals surface area contributed by atoms with E-state index in [-0.39, 0.29) is 31.3 Å². The van der Waals surface area contributed by atoms with Crippen LogP contribution in [0.5, 0.6) is 0 Å². The van der Waals surface area contributed by atoms with E-state index in [1.807, 2.05) is 30.3 Å². The molecule has 3 atom stereocenters. The number of nitrogens with zero attached hydrogens (tertiary/aromatic N) is 1. The van der Waals surface area contributed by atoms with Gasteiger partial charge in [-0.1, -0.05) is 70.0 Å². The zero-order valence-electron chi connectivity index (χ0n) is 24.4. The van der Waals surface area contributed by atoms with Crippen molar-refractivity contribution < 1.29 is 23.8 Å². The fourth-order valence-corrected chi connectivity index (χ4v) is 5.40. The maximum atomic E-state index is 13.9. The van der Waals surface area contributed by atoms with Gasteiger partial charge in [0.2, 0.25) is 0 Å². The number of hydrogen-bond acceptors (Lipinski definition) is 4.